The first-order valence-corrected chi connectivity index (χ1v) is 19.5. The Kier molecular flexibility index (Phi) is 7.41. The highest BCUT2D eigenvalue weighted by molar-refractivity contribution is 6.07. The van der Waals surface area contributed by atoms with Gasteiger partial charge in [-0.05, 0) is 87.7 Å². The predicted octanol–water partition coefficient (Wildman–Crippen LogP) is 13.9. The second-order valence-electron chi connectivity index (χ2n) is 15.2. The summed E-state index contributed by atoms with van der Waals surface area (Å²) in [4.78, 5) is 10.2. The molecule has 0 unspecified atom stereocenters. The lowest BCUT2D eigenvalue weighted by molar-refractivity contribution is 0.353. The monoisotopic (exact) mass is 706 g/mol. The van der Waals surface area contributed by atoms with Gasteiger partial charge in [-0.25, -0.2) is 9.97 Å². The maximum atomic E-state index is 6.72. The number of hydrogen-bond acceptors (Lipinski definition) is 3. The maximum absolute atomic E-state index is 6.72. The smallest absolute Gasteiger partial charge is 0.160 e. The van der Waals surface area contributed by atoms with Crippen LogP contribution in [0.2, 0.25) is 0 Å². The highest BCUT2D eigenvalue weighted by Crippen LogP contribution is 2.58. The average Bonchev–Trinajstić information content (AvgIpc) is 3.76. The Bertz CT molecular complexity index is 2880. The molecule has 0 N–H and O–H groups in total. The minimum Gasteiger partial charge on any atom is -0.456 e. The summed E-state index contributed by atoms with van der Waals surface area (Å²) in [5.41, 5.74) is 17.3. The van der Waals surface area contributed by atoms with Crippen molar-refractivity contribution in [2.24, 2.45) is 0 Å². The van der Waals surface area contributed by atoms with E-state index in [-0.39, 0.29) is 5.41 Å². The van der Waals surface area contributed by atoms with Crippen LogP contribution in [-0.2, 0) is 5.41 Å². The van der Waals surface area contributed by atoms with Crippen LogP contribution in [0.3, 0.4) is 0 Å². The standard InChI is InChI=1S/C52H38N2O/c1-4-13-34(14-5-1)35-21-23-36(24-22-35)46-33-47(54-51(53-46)37-15-6-2-7-16-37)39-26-28-42-41-27-25-38(31-48(41)55-49(42)32-39)40-18-12-20-45-50(40)43-17-8-9-19-44(43)52(45)29-10-3-11-30-52/h1-2,4-9,12-28,31-33H,3,10-11,29-30H2. The van der Waals surface area contributed by atoms with Crippen LogP contribution in [0.15, 0.2) is 174 Å². The number of benzene rings is 7. The van der Waals surface area contributed by atoms with E-state index in [9.17, 15) is 0 Å². The van der Waals surface area contributed by atoms with Crippen LogP contribution in [0, 0.1) is 0 Å². The zero-order chi connectivity index (χ0) is 36.3. The van der Waals surface area contributed by atoms with Gasteiger partial charge < -0.3 is 4.42 Å². The van der Waals surface area contributed by atoms with Crippen LogP contribution in [0.4, 0.5) is 0 Å². The Balaban J connectivity index is 0.999. The first kappa shape index (κ1) is 31.9. The van der Waals surface area contributed by atoms with Gasteiger partial charge in [-0.2, -0.15) is 0 Å². The fourth-order valence-electron chi connectivity index (χ4n) is 9.47. The Morgan fingerprint density at radius 1 is 0.400 bits per heavy atom. The lowest BCUT2D eigenvalue weighted by atomic mass is 9.68. The van der Waals surface area contributed by atoms with E-state index in [4.69, 9.17) is 14.4 Å². The van der Waals surface area contributed by atoms with Crippen molar-refractivity contribution in [3.8, 4) is 67.3 Å². The Hall–Kier alpha value is -6.58. The molecule has 0 aliphatic heterocycles. The highest BCUT2D eigenvalue weighted by atomic mass is 16.3. The molecule has 3 nitrogen and oxygen atoms in total. The van der Waals surface area contributed by atoms with E-state index in [1.54, 1.807) is 0 Å². The Morgan fingerprint density at radius 2 is 0.945 bits per heavy atom. The summed E-state index contributed by atoms with van der Waals surface area (Å²) >= 11 is 0. The summed E-state index contributed by atoms with van der Waals surface area (Å²) in [5.74, 6) is 0.696. The van der Waals surface area contributed by atoms with E-state index in [0.29, 0.717) is 5.82 Å². The van der Waals surface area contributed by atoms with Crippen molar-refractivity contribution >= 4 is 21.9 Å². The third-order valence-corrected chi connectivity index (χ3v) is 12.1. The molecule has 1 fully saturated rings. The summed E-state index contributed by atoms with van der Waals surface area (Å²) in [7, 11) is 0. The number of aromatic nitrogens is 2. The van der Waals surface area contributed by atoms with Crippen molar-refractivity contribution in [2.75, 3.05) is 0 Å². The Morgan fingerprint density at radius 3 is 1.69 bits per heavy atom. The number of hydrogen-bond donors (Lipinski definition) is 0. The van der Waals surface area contributed by atoms with Crippen LogP contribution in [-0.4, -0.2) is 9.97 Å². The molecular weight excluding hydrogens is 669 g/mol. The topological polar surface area (TPSA) is 38.9 Å². The fourth-order valence-corrected chi connectivity index (χ4v) is 9.47. The van der Waals surface area contributed by atoms with Gasteiger partial charge in [0.05, 0.1) is 11.4 Å². The van der Waals surface area contributed by atoms with Crippen LogP contribution in [0.5, 0.6) is 0 Å². The second kappa shape index (κ2) is 12.8. The van der Waals surface area contributed by atoms with Gasteiger partial charge in [-0.1, -0.05) is 159 Å². The second-order valence-corrected chi connectivity index (χ2v) is 15.2. The summed E-state index contributed by atoms with van der Waals surface area (Å²) in [6, 6.07) is 60.8. The molecule has 2 aliphatic carbocycles. The van der Waals surface area contributed by atoms with Crippen LogP contribution in [0.25, 0.3) is 89.2 Å². The van der Waals surface area contributed by atoms with E-state index in [1.165, 1.54) is 76.6 Å². The van der Waals surface area contributed by atoms with Crippen molar-refractivity contribution in [3.63, 3.8) is 0 Å². The highest BCUT2D eigenvalue weighted by Gasteiger charge is 2.44. The van der Waals surface area contributed by atoms with E-state index < -0.39 is 0 Å². The molecule has 2 aromatic heterocycles. The average molecular weight is 707 g/mol. The minimum absolute atomic E-state index is 0.132. The zero-order valence-electron chi connectivity index (χ0n) is 30.5. The molecular formula is C52H38N2O. The fraction of sp³-hybridized carbons (Fsp3) is 0.115. The molecule has 7 aromatic carbocycles. The van der Waals surface area contributed by atoms with Crippen LogP contribution < -0.4 is 0 Å². The summed E-state index contributed by atoms with van der Waals surface area (Å²) in [6.07, 6.45) is 6.37. The summed E-state index contributed by atoms with van der Waals surface area (Å²) < 4.78 is 6.72. The first-order valence-electron chi connectivity index (χ1n) is 19.5. The van der Waals surface area contributed by atoms with Gasteiger partial charge in [0.25, 0.3) is 0 Å². The minimum atomic E-state index is 0.132. The molecule has 262 valence electrons. The van der Waals surface area contributed by atoms with Gasteiger partial charge in [0, 0.05) is 32.9 Å². The molecule has 0 amide bonds. The van der Waals surface area contributed by atoms with Crippen molar-refractivity contribution in [2.45, 2.75) is 37.5 Å². The molecule has 55 heavy (non-hydrogen) atoms. The van der Waals surface area contributed by atoms with Gasteiger partial charge in [0.2, 0.25) is 0 Å². The van der Waals surface area contributed by atoms with Gasteiger partial charge in [0.1, 0.15) is 11.2 Å². The van der Waals surface area contributed by atoms with Gasteiger partial charge >= 0.3 is 0 Å². The maximum Gasteiger partial charge on any atom is 0.160 e. The van der Waals surface area contributed by atoms with E-state index in [1.807, 2.05) is 24.3 Å². The molecule has 2 aliphatic rings. The van der Waals surface area contributed by atoms with E-state index >= 15 is 0 Å². The number of rotatable bonds is 5. The van der Waals surface area contributed by atoms with Crippen molar-refractivity contribution < 1.29 is 4.42 Å². The Labute approximate surface area is 321 Å². The third-order valence-electron chi connectivity index (χ3n) is 12.1. The summed E-state index contributed by atoms with van der Waals surface area (Å²) in [5, 5.41) is 2.22. The van der Waals surface area contributed by atoms with E-state index in [0.717, 1.165) is 50.0 Å². The van der Waals surface area contributed by atoms with E-state index in [2.05, 4.69) is 146 Å². The zero-order valence-corrected chi connectivity index (χ0v) is 30.5. The van der Waals surface area contributed by atoms with Crippen molar-refractivity contribution in [3.05, 3.63) is 181 Å². The van der Waals surface area contributed by atoms with Gasteiger partial charge in [0.15, 0.2) is 5.82 Å². The lowest BCUT2D eigenvalue weighted by Gasteiger charge is -2.36. The normalized spacial score (nSPS) is 14.3. The molecule has 0 saturated heterocycles. The molecule has 0 bridgehead atoms. The molecule has 1 saturated carbocycles. The lowest BCUT2D eigenvalue weighted by Crippen LogP contribution is -2.27. The molecule has 2 heterocycles. The number of furan rings is 1. The molecule has 3 heteroatoms. The van der Waals surface area contributed by atoms with Crippen molar-refractivity contribution in [1.29, 1.82) is 0 Å². The number of fused-ring (bicyclic) bond motifs is 8. The van der Waals surface area contributed by atoms with Gasteiger partial charge in [-0.15, -0.1) is 0 Å². The molecule has 0 radical (unpaired) electrons. The largest absolute Gasteiger partial charge is 0.456 e. The van der Waals surface area contributed by atoms with Crippen LogP contribution in [0.1, 0.15) is 43.2 Å². The first-order chi connectivity index (χ1) is 27.2. The number of nitrogens with zero attached hydrogens (tertiary/aromatic N) is 2. The quantitative estimate of drug-likeness (QED) is 0.179. The summed E-state index contributed by atoms with van der Waals surface area (Å²) in [6.45, 7) is 0. The van der Waals surface area contributed by atoms with Gasteiger partial charge in [-0.3, -0.25) is 0 Å². The predicted molar refractivity (Wildman–Crippen MR) is 226 cm³/mol. The molecule has 11 rings (SSSR count). The molecule has 0 atom stereocenters. The van der Waals surface area contributed by atoms with Crippen LogP contribution >= 0.6 is 0 Å². The molecule has 1 spiro atoms. The molecule has 9 aromatic rings. The SMILES string of the molecule is c1ccc(-c2ccc(-c3cc(-c4ccc5c(c4)oc4cc(-c6cccc7c6-c6ccccc6C76CCCCC6)ccc45)nc(-c4ccccc4)n3)cc2)cc1. The third kappa shape index (κ3) is 5.26. The van der Waals surface area contributed by atoms with Crippen molar-refractivity contribution in [1.82, 2.24) is 9.97 Å².